The first-order chi connectivity index (χ1) is 9.95. The second-order valence-corrected chi connectivity index (χ2v) is 6.48. The van der Waals surface area contributed by atoms with Crippen LogP contribution in [-0.2, 0) is 11.2 Å². The molecular weight excluding hydrogens is 380 g/mol. The van der Waals surface area contributed by atoms with Gasteiger partial charge in [-0.3, -0.25) is 4.79 Å². The summed E-state index contributed by atoms with van der Waals surface area (Å²) in [6.07, 6.45) is 0.299. The summed E-state index contributed by atoms with van der Waals surface area (Å²) in [7, 11) is 0. The normalized spacial score (nSPS) is 14.8. The van der Waals surface area contributed by atoms with E-state index in [1.807, 2.05) is 0 Å². The smallest absolute Gasteiger partial charge is 0.228 e. The van der Waals surface area contributed by atoms with Crippen LogP contribution in [0.4, 0.5) is 10.1 Å². The second-order valence-electron chi connectivity index (χ2n) is 4.78. The maximum Gasteiger partial charge on any atom is 0.228 e. The van der Waals surface area contributed by atoms with Gasteiger partial charge in [-0.05, 0) is 47.0 Å². The van der Waals surface area contributed by atoms with Gasteiger partial charge in [0.25, 0.3) is 0 Å². The number of hydrogen-bond acceptors (Lipinski definition) is 1. The van der Waals surface area contributed by atoms with Crippen LogP contribution in [0, 0.1) is 5.82 Å². The number of carbonyl (C=O) groups is 1. The van der Waals surface area contributed by atoms with E-state index in [0.717, 1.165) is 5.56 Å². The Morgan fingerprint density at radius 2 is 2.00 bits per heavy atom. The summed E-state index contributed by atoms with van der Waals surface area (Å²) in [5, 5.41) is 2.56. The molecule has 2 nitrogen and oxygen atoms in total. The van der Waals surface area contributed by atoms with Gasteiger partial charge in [-0.15, -0.1) is 11.6 Å². The molecule has 1 heterocycles. The molecule has 0 fully saturated rings. The quantitative estimate of drug-likeness (QED) is 0.715. The molecule has 3 rings (SSSR count). The topological polar surface area (TPSA) is 29.1 Å². The number of rotatable bonds is 2. The molecule has 1 aliphatic rings. The number of nitrogens with one attached hydrogen (secondary N) is 1. The molecule has 0 bridgehead atoms. The first-order valence-corrected chi connectivity index (χ1v) is 7.77. The van der Waals surface area contributed by atoms with E-state index >= 15 is 0 Å². The fourth-order valence-electron chi connectivity index (χ4n) is 2.34. The number of anilines is 1. The number of benzene rings is 2. The Labute approximate surface area is 139 Å². The number of fused-ring (bicyclic) bond motifs is 1. The molecule has 21 heavy (non-hydrogen) atoms. The molecule has 108 valence electrons. The average Bonchev–Trinajstić information content (AvgIpc) is 2.79. The van der Waals surface area contributed by atoms with Gasteiger partial charge in [-0.1, -0.05) is 27.5 Å². The zero-order valence-corrected chi connectivity index (χ0v) is 13.7. The Kier molecular flexibility index (Phi) is 3.95. The van der Waals surface area contributed by atoms with Crippen molar-refractivity contribution in [2.45, 2.75) is 11.8 Å². The predicted octanol–water partition coefficient (Wildman–Crippen LogP) is 5.06. The molecule has 1 amide bonds. The van der Waals surface area contributed by atoms with Crippen LogP contribution >= 0.6 is 39.1 Å². The van der Waals surface area contributed by atoms with Gasteiger partial charge in [0.1, 0.15) is 5.82 Å². The molecule has 0 aromatic heterocycles. The van der Waals surface area contributed by atoms with Crippen LogP contribution in [0.3, 0.4) is 0 Å². The Morgan fingerprint density at radius 3 is 2.76 bits per heavy atom. The highest BCUT2D eigenvalue weighted by atomic mass is 79.9. The molecule has 1 unspecified atom stereocenters. The molecule has 0 radical (unpaired) electrons. The standard InChI is InChI=1S/C15H9BrCl2FNO/c16-11-2-1-8(19)5-9(11)15(18)10-3-7-4-14(21)20-13(7)6-12(10)17/h1-3,5-6,15H,4H2,(H,20,21). The van der Waals surface area contributed by atoms with Crippen molar-refractivity contribution in [1.82, 2.24) is 0 Å². The summed E-state index contributed by atoms with van der Waals surface area (Å²) in [4.78, 5) is 11.4. The number of carbonyl (C=O) groups excluding carboxylic acids is 1. The van der Waals surface area contributed by atoms with Gasteiger partial charge < -0.3 is 5.32 Å². The fraction of sp³-hybridized carbons (Fsp3) is 0.133. The van der Waals surface area contributed by atoms with Crippen molar-refractivity contribution in [1.29, 1.82) is 0 Å². The highest BCUT2D eigenvalue weighted by Gasteiger charge is 2.24. The SMILES string of the molecule is O=C1Cc2cc(C(Cl)c3cc(F)ccc3Br)c(Cl)cc2N1. The van der Waals surface area contributed by atoms with Crippen LogP contribution in [0.5, 0.6) is 0 Å². The molecule has 2 aromatic rings. The Balaban J connectivity index is 2.06. The van der Waals surface area contributed by atoms with Gasteiger partial charge in [-0.25, -0.2) is 4.39 Å². The first-order valence-electron chi connectivity index (χ1n) is 6.17. The largest absolute Gasteiger partial charge is 0.325 e. The zero-order valence-electron chi connectivity index (χ0n) is 10.6. The zero-order chi connectivity index (χ0) is 15.1. The Hall–Kier alpha value is -1.10. The minimum atomic E-state index is -0.608. The van der Waals surface area contributed by atoms with Crippen LogP contribution in [0.2, 0.25) is 5.02 Å². The fourth-order valence-corrected chi connectivity index (χ4v) is 3.63. The first kappa shape index (κ1) is 14.8. The van der Waals surface area contributed by atoms with Gasteiger partial charge in [-0.2, -0.15) is 0 Å². The lowest BCUT2D eigenvalue weighted by Gasteiger charge is -2.15. The van der Waals surface area contributed by atoms with Gasteiger partial charge in [0.2, 0.25) is 5.91 Å². The molecule has 1 aliphatic heterocycles. The molecular formula is C15H9BrCl2FNO. The van der Waals surface area contributed by atoms with Crippen molar-refractivity contribution in [3.63, 3.8) is 0 Å². The molecule has 0 saturated heterocycles. The number of amides is 1. The highest BCUT2D eigenvalue weighted by molar-refractivity contribution is 9.10. The summed E-state index contributed by atoms with van der Waals surface area (Å²) in [5.41, 5.74) is 2.80. The minimum Gasteiger partial charge on any atom is -0.325 e. The summed E-state index contributed by atoms with van der Waals surface area (Å²) in [6.45, 7) is 0. The summed E-state index contributed by atoms with van der Waals surface area (Å²) in [6, 6.07) is 7.80. The Morgan fingerprint density at radius 1 is 1.24 bits per heavy atom. The predicted molar refractivity (Wildman–Crippen MR) is 85.6 cm³/mol. The van der Waals surface area contributed by atoms with Crippen LogP contribution in [0.1, 0.15) is 22.1 Å². The lowest BCUT2D eigenvalue weighted by Crippen LogP contribution is -2.03. The van der Waals surface area contributed by atoms with Gasteiger partial charge in [0.15, 0.2) is 0 Å². The van der Waals surface area contributed by atoms with E-state index in [1.54, 1.807) is 18.2 Å². The number of alkyl halides is 1. The summed E-state index contributed by atoms with van der Waals surface area (Å²) in [5.74, 6) is -0.441. The summed E-state index contributed by atoms with van der Waals surface area (Å²) >= 11 is 16.1. The number of halogens is 4. The van der Waals surface area contributed by atoms with Crippen LogP contribution in [0.25, 0.3) is 0 Å². The van der Waals surface area contributed by atoms with E-state index in [9.17, 15) is 9.18 Å². The highest BCUT2D eigenvalue weighted by Crippen LogP contribution is 2.40. The van der Waals surface area contributed by atoms with Crippen molar-refractivity contribution in [3.8, 4) is 0 Å². The van der Waals surface area contributed by atoms with Gasteiger partial charge >= 0.3 is 0 Å². The van der Waals surface area contributed by atoms with Crippen molar-refractivity contribution >= 4 is 50.7 Å². The Bertz CT molecular complexity index is 751. The van der Waals surface area contributed by atoms with Crippen molar-refractivity contribution in [2.24, 2.45) is 0 Å². The van der Waals surface area contributed by atoms with Gasteiger partial charge in [0.05, 0.1) is 11.8 Å². The van der Waals surface area contributed by atoms with E-state index in [2.05, 4.69) is 21.2 Å². The molecule has 0 aliphatic carbocycles. The molecule has 2 aromatic carbocycles. The van der Waals surface area contributed by atoms with E-state index in [-0.39, 0.29) is 11.7 Å². The van der Waals surface area contributed by atoms with E-state index < -0.39 is 5.38 Å². The molecule has 1 atom stereocenters. The van der Waals surface area contributed by atoms with E-state index in [0.29, 0.717) is 32.7 Å². The lowest BCUT2D eigenvalue weighted by molar-refractivity contribution is -0.115. The molecule has 0 saturated carbocycles. The third-order valence-electron chi connectivity index (χ3n) is 3.35. The van der Waals surface area contributed by atoms with Gasteiger partial charge in [0, 0.05) is 15.2 Å². The third kappa shape index (κ3) is 2.80. The third-order valence-corrected chi connectivity index (χ3v) is 4.87. The lowest BCUT2D eigenvalue weighted by atomic mass is 10.0. The molecule has 0 spiro atoms. The van der Waals surface area contributed by atoms with Crippen LogP contribution < -0.4 is 5.32 Å². The monoisotopic (exact) mass is 387 g/mol. The van der Waals surface area contributed by atoms with Crippen LogP contribution in [-0.4, -0.2) is 5.91 Å². The minimum absolute atomic E-state index is 0.0729. The van der Waals surface area contributed by atoms with Crippen molar-refractivity contribution in [3.05, 3.63) is 62.3 Å². The number of hydrogen-bond donors (Lipinski definition) is 1. The van der Waals surface area contributed by atoms with Crippen molar-refractivity contribution in [2.75, 3.05) is 5.32 Å². The van der Waals surface area contributed by atoms with Crippen molar-refractivity contribution < 1.29 is 9.18 Å². The molecule has 6 heteroatoms. The van der Waals surface area contributed by atoms with Crippen LogP contribution in [0.15, 0.2) is 34.8 Å². The van der Waals surface area contributed by atoms with E-state index in [1.165, 1.54) is 12.1 Å². The second kappa shape index (κ2) is 5.59. The summed E-state index contributed by atoms with van der Waals surface area (Å²) < 4.78 is 14.1. The van der Waals surface area contributed by atoms with E-state index in [4.69, 9.17) is 23.2 Å². The molecule has 1 N–H and O–H groups in total. The average molecular weight is 389 g/mol. The maximum absolute atomic E-state index is 13.4. The maximum atomic E-state index is 13.4.